The van der Waals surface area contributed by atoms with Crippen molar-refractivity contribution in [1.82, 2.24) is 0 Å². The van der Waals surface area contributed by atoms with Crippen LogP contribution in [0, 0.1) is 25.5 Å². The standard InChI is InChI=1S/C16H16F2N2O/c1-10-6-7-14(11(2)8-10)20-15(21)9-19-16-12(17)4-3-5-13(16)18/h3-8,19H,9H2,1-2H3,(H,20,21). The van der Waals surface area contributed by atoms with E-state index < -0.39 is 11.6 Å². The average molecular weight is 290 g/mol. The summed E-state index contributed by atoms with van der Waals surface area (Å²) in [6, 6.07) is 9.16. The van der Waals surface area contributed by atoms with E-state index in [0.29, 0.717) is 5.69 Å². The number of carbonyl (C=O) groups excluding carboxylic acids is 1. The molecule has 21 heavy (non-hydrogen) atoms. The van der Waals surface area contributed by atoms with E-state index in [4.69, 9.17) is 0 Å². The molecule has 0 bridgehead atoms. The summed E-state index contributed by atoms with van der Waals surface area (Å²) in [6.07, 6.45) is 0. The third-order valence-corrected chi connectivity index (χ3v) is 3.04. The van der Waals surface area contributed by atoms with Crippen molar-refractivity contribution in [1.29, 1.82) is 0 Å². The fourth-order valence-electron chi connectivity index (χ4n) is 1.98. The highest BCUT2D eigenvalue weighted by molar-refractivity contribution is 5.94. The van der Waals surface area contributed by atoms with Gasteiger partial charge >= 0.3 is 0 Å². The summed E-state index contributed by atoms with van der Waals surface area (Å²) < 4.78 is 26.8. The molecule has 0 saturated carbocycles. The van der Waals surface area contributed by atoms with Crippen molar-refractivity contribution in [2.75, 3.05) is 17.2 Å². The topological polar surface area (TPSA) is 41.1 Å². The molecule has 0 radical (unpaired) electrons. The van der Waals surface area contributed by atoms with E-state index in [2.05, 4.69) is 10.6 Å². The van der Waals surface area contributed by atoms with Crippen molar-refractivity contribution in [3.8, 4) is 0 Å². The third kappa shape index (κ3) is 3.78. The van der Waals surface area contributed by atoms with Crippen LogP contribution in [-0.2, 0) is 4.79 Å². The van der Waals surface area contributed by atoms with Crippen molar-refractivity contribution in [3.05, 3.63) is 59.2 Å². The van der Waals surface area contributed by atoms with E-state index in [1.807, 2.05) is 26.0 Å². The van der Waals surface area contributed by atoms with Gasteiger partial charge in [-0.15, -0.1) is 0 Å². The van der Waals surface area contributed by atoms with Crippen LogP contribution in [0.5, 0.6) is 0 Å². The number of hydrogen-bond donors (Lipinski definition) is 2. The van der Waals surface area contributed by atoms with Gasteiger partial charge in [0.2, 0.25) is 5.91 Å². The minimum absolute atomic E-state index is 0.217. The zero-order chi connectivity index (χ0) is 15.4. The first-order chi connectivity index (χ1) is 9.97. The van der Waals surface area contributed by atoms with Gasteiger partial charge in [0.15, 0.2) is 0 Å². The van der Waals surface area contributed by atoms with Crippen LogP contribution in [0.25, 0.3) is 0 Å². The summed E-state index contributed by atoms with van der Waals surface area (Å²) in [5.41, 5.74) is 2.41. The summed E-state index contributed by atoms with van der Waals surface area (Å²) in [5.74, 6) is -1.83. The molecule has 0 aliphatic heterocycles. The molecule has 0 atom stereocenters. The number of para-hydroxylation sites is 1. The van der Waals surface area contributed by atoms with Crippen molar-refractivity contribution in [2.45, 2.75) is 13.8 Å². The van der Waals surface area contributed by atoms with Crippen LogP contribution in [0.2, 0.25) is 0 Å². The number of benzene rings is 2. The number of rotatable bonds is 4. The zero-order valence-corrected chi connectivity index (χ0v) is 11.8. The lowest BCUT2D eigenvalue weighted by Gasteiger charge is -2.11. The third-order valence-electron chi connectivity index (χ3n) is 3.04. The number of aryl methyl sites for hydroxylation is 2. The Morgan fingerprint density at radius 2 is 1.76 bits per heavy atom. The summed E-state index contributed by atoms with van der Waals surface area (Å²) >= 11 is 0. The van der Waals surface area contributed by atoms with Gasteiger partial charge in [-0.2, -0.15) is 0 Å². The number of nitrogens with one attached hydrogen (secondary N) is 2. The Morgan fingerprint density at radius 3 is 2.38 bits per heavy atom. The lowest BCUT2D eigenvalue weighted by Crippen LogP contribution is -2.23. The molecule has 0 aromatic heterocycles. The predicted octanol–water partition coefficient (Wildman–Crippen LogP) is 3.63. The van der Waals surface area contributed by atoms with Gasteiger partial charge in [0.25, 0.3) is 0 Å². The first kappa shape index (κ1) is 15.0. The molecule has 0 fully saturated rings. The van der Waals surface area contributed by atoms with E-state index in [9.17, 15) is 13.6 Å². The summed E-state index contributed by atoms with van der Waals surface area (Å²) in [7, 11) is 0. The van der Waals surface area contributed by atoms with Crippen molar-refractivity contribution >= 4 is 17.3 Å². The van der Waals surface area contributed by atoms with Gasteiger partial charge in [-0.25, -0.2) is 8.78 Å². The monoisotopic (exact) mass is 290 g/mol. The number of carbonyl (C=O) groups is 1. The largest absolute Gasteiger partial charge is 0.371 e. The fourth-order valence-corrected chi connectivity index (χ4v) is 1.98. The smallest absolute Gasteiger partial charge is 0.243 e. The molecule has 0 heterocycles. The van der Waals surface area contributed by atoms with Gasteiger partial charge in [0.05, 0.1) is 6.54 Å². The van der Waals surface area contributed by atoms with Gasteiger partial charge in [-0.05, 0) is 37.6 Å². The molecule has 2 N–H and O–H groups in total. The van der Waals surface area contributed by atoms with Gasteiger partial charge < -0.3 is 10.6 Å². The second-order valence-electron chi connectivity index (χ2n) is 4.82. The van der Waals surface area contributed by atoms with Crippen LogP contribution in [-0.4, -0.2) is 12.5 Å². The van der Waals surface area contributed by atoms with Crippen LogP contribution in [0.1, 0.15) is 11.1 Å². The highest BCUT2D eigenvalue weighted by Gasteiger charge is 2.10. The van der Waals surface area contributed by atoms with Crippen LogP contribution in [0.15, 0.2) is 36.4 Å². The Kier molecular flexibility index (Phi) is 4.52. The minimum Gasteiger partial charge on any atom is -0.371 e. The summed E-state index contributed by atoms with van der Waals surface area (Å²) in [4.78, 5) is 11.8. The number of hydrogen-bond acceptors (Lipinski definition) is 2. The molecule has 1 amide bonds. The van der Waals surface area contributed by atoms with E-state index in [-0.39, 0.29) is 18.1 Å². The van der Waals surface area contributed by atoms with Crippen LogP contribution >= 0.6 is 0 Å². The Balaban J connectivity index is 1.99. The van der Waals surface area contributed by atoms with Crippen LogP contribution < -0.4 is 10.6 Å². The second kappa shape index (κ2) is 6.35. The number of amides is 1. The molecule has 0 saturated heterocycles. The minimum atomic E-state index is -0.727. The van der Waals surface area contributed by atoms with Crippen molar-refractivity contribution in [3.63, 3.8) is 0 Å². The average Bonchev–Trinajstić information content (AvgIpc) is 2.41. The second-order valence-corrected chi connectivity index (χ2v) is 4.82. The Labute approximate surface area is 122 Å². The molecule has 2 aromatic rings. The SMILES string of the molecule is Cc1ccc(NC(=O)CNc2c(F)cccc2F)c(C)c1. The molecular formula is C16H16F2N2O. The maximum Gasteiger partial charge on any atom is 0.243 e. The van der Waals surface area contributed by atoms with Crippen LogP contribution in [0.3, 0.4) is 0 Å². The van der Waals surface area contributed by atoms with E-state index >= 15 is 0 Å². The molecular weight excluding hydrogens is 274 g/mol. The Bertz CT molecular complexity index is 651. The molecule has 0 aliphatic carbocycles. The van der Waals surface area contributed by atoms with E-state index in [1.165, 1.54) is 6.07 Å². The molecule has 2 aromatic carbocycles. The maximum absolute atomic E-state index is 13.4. The summed E-state index contributed by atoms with van der Waals surface area (Å²) in [6.45, 7) is 3.62. The molecule has 0 aliphatic rings. The molecule has 0 spiro atoms. The lowest BCUT2D eigenvalue weighted by atomic mass is 10.1. The van der Waals surface area contributed by atoms with Crippen LogP contribution in [0.4, 0.5) is 20.2 Å². The quantitative estimate of drug-likeness (QED) is 0.902. The predicted molar refractivity (Wildman–Crippen MR) is 79.4 cm³/mol. The number of anilines is 2. The summed E-state index contributed by atoms with van der Waals surface area (Å²) in [5, 5.41) is 5.17. The highest BCUT2D eigenvalue weighted by atomic mass is 19.1. The first-order valence-electron chi connectivity index (χ1n) is 6.52. The maximum atomic E-state index is 13.4. The van der Waals surface area contributed by atoms with Gasteiger partial charge in [-0.3, -0.25) is 4.79 Å². The Hall–Kier alpha value is -2.43. The van der Waals surface area contributed by atoms with Gasteiger partial charge in [0.1, 0.15) is 17.3 Å². The first-order valence-corrected chi connectivity index (χ1v) is 6.52. The van der Waals surface area contributed by atoms with E-state index in [0.717, 1.165) is 23.3 Å². The number of halogens is 2. The molecule has 0 unspecified atom stereocenters. The molecule has 5 heteroatoms. The lowest BCUT2D eigenvalue weighted by molar-refractivity contribution is -0.114. The zero-order valence-electron chi connectivity index (χ0n) is 11.8. The molecule has 110 valence electrons. The fraction of sp³-hybridized carbons (Fsp3) is 0.188. The van der Waals surface area contributed by atoms with Crippen molar-refractivity contribution in [2.24, 2.45) is 0 Å². The highest BCUT2D eigenvalue weighted by Crippen LogP contribution is 2.18. The van der Waals surface area contributed by atoms with Gasteiger partial charge in [-0.1, -0.05) is 23.8 Å². The van der Waals surface area contributed by atoms with E-state index in [1.54, 1.807) is 6.07 Å². The molecule has 2 rings (SSSR count). The van der Waals surface area contributed by atoms with Gasteiger partial charge in [0, 0.05) is 5.69 Å². The Morgan fingerprint density at radius 1 is 1.10 bits per heavy atom. The molecule has 3 nitrogen and oxygen atoms in total. The van der Waals surface area contributed by atoms with Crippen molar-refractivity contribution < 1.29 is 13.6 Å². The normalized spacial score (nSPS) is 10.3.